The first-order valence-corrected chi connectivity index (χ1v) is 8.63. The molecule has 4 nitrogen and oxygen atoms in total. The van der Waals surface area contributed by atoms with Crippen LogP contribution >= 0.6 is 0 Å². The fraction of sp³-hybridized carbons (Fsp3) is 0.611. The van der Waals surface area contributed by atoms with Gasteiger partial charge in [0.25, 0.3) is 0 Å². The lowest BCUT2D eigenvalue weighted by molar-refractivity contribution is 0.0968. The second-order valence-electron chi connectivity index (χ2n) is 7.12. The average Bonchev–Trinajstić information content (AvgIpc) is 3.12. The molecule has 2 aliphatic heterocycles. The molecule has 1 aliphatic carbocycles. The molecule has 3 fully saturated rings. The Hall–Kier alpha value is -1.62. The highest BCUT2D eigenvalue weighted by Gasteiger charge is 2.42. The Morgan fingerprint density at radius 3 is 2.61 bits per heavy atom. The zero-order valence-electron chi connectivity index (χ0n) is 13.2. The lowest BCUT2D eigenvalue weighted by Gasteiger charge is -2.27. The largest absolute Gasteiger partial charge is 0.373 e. The van der Waals surface area contributed by atoms with Crippen molar-refractivity contribution >= 4 is 6.03 Å². The van der Waals surface area contributed by atoms with Crippen LogP contribution < -0.4 is 5.32 Å². The number of nitrogens with one attached hydrogen (secondary N) is 1. The highest BCUT2D eigenvalue weighted by atomic mass is 19.1. The van der Waals surface area contributed by atoms with Crippen LogP contribution in [0.3, 0.4) is 0 Å². The molecule has 1 N–H and O–H groups in total. The predicted octanol–water partition coefficient (Wildman–Crippen LogP) is 3.07. The van der Waals surface area contributed by atoms with E-state index in [0.717, 1.165) is 31.4 Å². The predicted molar refractivity (Wildman–Crippen MR) is 84.4 cm³/mol. The Balaban J connectivity index is 1.40. The highest BCUT2D eigenvalue weighted by Crippen LogP contribution is 2.35. The van der Waals surface area contributed by atoms with Gasteiger partial charge in [0.2, 0.25) is 0 Å². The summed E-state index contributed by atoms with van der Waals surface area (Å²) in [5, 5.41) is 3.16. The maximum atomic E-state index is 13.1. The minimum atomic E-state index is -0.244. The quantitative estimate of drug-likeness (QED) is 0.906. The topological polar surface area (TPSA) is 41.6 Å². The third-order valence-electron chi connectivity index (χ3n) is 5.16. The maximum absolute atomic E-state index is 13.1. The van der Waals surface area contributed by atoms with E-state index in [9.17, 15) is 9.18 Å². The van der Waals surface area contributed by atoms with Gasteiger partial charge in [-0.1, -0.05) is 12.1 Å². The normalized spacial score (nSPS) is 28.8. The van der Waals surface area contributed by atoms with Gasteiger partial charge in [0.05, 0.1) is 18.2 Å². The molecule has 3 atom stereocenters. The van der Waals surface area contributed by atoms with Gasteiger partial charge in [-0.15, -0.1) is 0 Å². The first-order valence-electron chi connectivity index (χ1n) is 8.63. The van der Waals surface area contributed by atoms with Crippen molar-refractivity contribution in [3.63, 3.8) is 0 Å². The molecular weight excluding hydrogens is 295 g/mol. The zero-order valence-corrected chi connectivity index (χ0v) is 13.2. The van der Waals surface area contributed by atoms with Crippen LogP contribution in [-0.4, -0.2) is 35.7 Å². The Labute approximate surface area is 136 Å². The molecule has 1 aromatic rings. The van der Waals surface area contributed by atoms with Crippen LogP contribution in [0.4, 0.5) is 9.18 Å². The van der Waals surface area contributed by atoms with Gasteiger partial charge in [0, 0.05) is 13.1 Å². The van der Waals surface area contributed by atoms with E-state index in [0.29, 0.717) is 18.6 Å². The monoisotopic (exact) mass is 318 g/mol. The number of carbonyl (C=O) groups excluding carboxylic acids is 1. The smallest absolute Gasteiger partial charge is 0.318 e. The first-order chi connectivity index (χ1) is 11.2. The molecular formula is C18H23FN2O2. The Bertz CT molecular complexity index is 573. The van der Waals surface area contributed by atoms with Crippen molar-refractivity contribution in [3.05, 3.63) is 35.6 Å². The van der Waals surface area contributed by atoms with E-state index in [1.807, 2.05) is 4.90 Å². The molecule has 4 rings (SSSR count). The van der Waals surface area contributed by atoms with Crippen molar-refractivity contribution in [1.82, 2.24) is 10.2 Å². The van der Waals surface area contributed by atoms with E-state index in [-0.39, 0.29) is 24.0 Å². The summed E-state index contributed by atoms with van der Waals surface area (Å²) in [5.74, 6) is 0.378. The fourth-order valence-electron chi connectivity index (χ4n) is 3.68. The number of urea groups is 1. The van der Waals surface area contributed by atoms with Crippen molar-refractivity contribution in [2.24, 2.45) is 5.92 Å². The SMILES string of the molecule is O=C(NC1CC2CCC1O2)N(Cc1ccc(F)cc1)CC1CC1. The van der Waals surface area contributed by atoms with E-state index in [1.54, 1.807) is 12.1 Å². The minimum Gasteiger partial charge on any atom is -0.373 e. The molecule has 3 aliphatic rings. The fourth-order valence-corrected chi connectivity index (χ4v) is 3.68. The van der Waals surface area contributed by atoms with Crippen molar-refractivity contribution in [2.45, 2.75) is 56.9 Å². The van der Waals surface area contributed by atoms with Gasteiger partial charge in [-0.25, -0.2) is 9.18 Å². The molecule has 1 saturated carbocycles. The molecule has 0 aromatic heterocycles. The van der Waals surface area contributed by atoms with Crippen molar-refractivity contribution in [3.8, 4) is 0 Å². The van der Waals surface area contributed by atoms with Crippen LogP contribution in [0.2, 0.25) is 0 Å². The summed E-state index contributed by atoms with van der Waals surface area (Å²) in [7, 11) is 0. The maximum Gasteiger partial charge on any atom is 0.318 e. The standard InChI is InChI=1S/C18H23FN2O2/c19-14-5-3-13(4-6-14)11-21(10-12-1-2-12)18(22)20-16-9-15-7-8-17(16)23-15/h3-6,12,15-17H,1-2,7-11H2,(H,20,22). The molecule has 3 unspecified atom stereocenters. The van der Waals surface area contributed by atoms with Crippen LogP contribution in [0.5, 0.6) is 0 Å². The number of halogens is 1. The molecule has 2 amide bonds. The van der Waals surface area contributed by atoms with Crippen LogP contribution in [0.1, 0.15) is 37.7 Å². The minimum absolute atomic E-state index is 0.0117. The average molecular weight is 318 g/mol. The highest BCUT2D eigenvalue weighted by molar-refractivity contribution is 5.74. The second-order valence-corrected chi connectivity index (χ2v) is 7.12. The van der Waals surface area contributed by atoms with Gasteiger partial charge < -0.3 is 15.0 Å². The van der Waals surface area contributed by atoms with E-state index in [4.69, 9.17) is 4.74 Å². The summed E-state index contributed by atoms with van der Waals surface area (Å²) in [5.41, 5.74) is 0.964. The van der Waals surface area contributed by atoms with E-state index in [2.05, 4.69) is 5.32 Å². The number of benzene rings is 1. The number of carbonyl (C=O) groups is 1. The zero-order chi connectivity index (χ0) is 15.8. The lowest BCUT2D eigenvalue weighted by Crippen LogP contribution is -2.48. The van der Waals surface area contributed by atoms with Gasteiger partial charge >= 0.3 is 6.03 Å². The number of fused-ring (bicyclic) bond motifs is 2. The van der Waals surface area contributed by atoms with Gasteiger partial charge in [0.15, 0.2) is 0 Å². The first kappa shape index (κ1) is 14.9. The lowest BCUT2D eigenvalue weighted by atomic mass is 9.96. The van der Waals surface area contributed by atoms with Gasteiger partial charge in [-0.05, 0) is 55.7 Å². The number of ether oxygens (including phenoxy) is 1. The number of nitrogens with zero attached hydrogens (tertiary/aromatic N) is 1. The molecule has 124 valence electrons. The van der Waals surface area contributed by atoms with Crippen LogP contribution in [0.25, 0.3) is 0 Å². The Morgan fingerprint density at radius 1 is 1.22 bits per heavy atom. The summed E-state index contributed by atoms with van der Waals surface area (Å²) in [6.45, 7) is 1.31. The summed E-state index contributed by atoms with van der Waals surface area (Å²) in [6, 6.07) is 6.55. The molecule has 23 heavy (non-hydrogen) atoms. The van der Waals surface area contributed by atoms with Gasteiger partial charge in [-0.2, -0.15) is 0 Å². The number of hydrogen-bond donors (Lipinski definition) is 1. The summed E-state index contributed by atoms with van der Waals surface area (Å²) in [6.07, 6.45) is 6.03. The van der Waals surface area contributed by atoms with Crippen molar-refractivity contribution in [2.75, 3.05) is 6.54 Å². The van der Waals surface area contributed by atoms with E-state index in [1.165, 1.54) is 25.0 Å². The second kappa shape index (κ2) is 6.11. The molecule has 2 heterocycles. The van der Waals surface area contributed by atoms with Crippen LogP contribution in [-0.2, 0) is 11.3 Å². The molecule has 1 aromatic carbocycles. The summed E-state index contributed by atoms with van der Waals surface area (Å²) < 4.78 is 18.9. The van der Waals surface area contributed by atoms with Gasteiger partial charge in [-0.3, -0.25) is 0 Å². The van der Waals surface area contributed by atoms with Gasteiger partial charge in [0.1, 0.15) is 5.82 Å². The van der Waals surface area contributed by atoms with E-state index >= 15 is 0 Å². The van der Waals surface area contributed by atoms with Crippen LogP contribution in [0.15, 0.2) is 24.3 Å². The van der Waals surface area contributed by atoms with E-state index < -0.39 is 0 Å². The molecule has 2 saturated heterocycles. The Kier molecular flexibility index (Phi) is 3.97. The Morgan fingerprint density at radius 2 is 2.00 bits per heavy atom. The summed E-state index contributed by atoms with van der Waals surface area (Å²) in [4.78, 5) is 14.6. The molecule has 5 heteroatoms. The summed E-state index contributed by atoms with van der Waals surface area (Å²) >= 11 is 0. The molecule has 0 spiro atoms. The third-order valence-corrected chi connectivity index (χ3v) is 5.16. The third kappa shape index (κ3) is 3.50. The molecule has 2 bridgehead atoms. The van der Waals surface area contributed by atoms with Crippen molar-refractivity contribution in [1.29, 1.82) is 0 Å². The van der Waals surface area contributed by atoms with Crippen molar-refractivity contribution < 1.29 is 13.9 Å². The number of hydrogen-bond acceptors (Lipinski definition) is 2. The number of amides is 2. The van der Waals surface area contributed by atoms with Crippen LogP contribution in [0, 0.1) is 11.7 Å². The number of rotatable bonds is 5. The molecule has 0 radical (unpaired) electrons.